The molecule has 0 radical (unpaired) electrons. The first kappa shape index (κ1) is 24.0. The third kappa shape index (κ3) is 5.98. The van der Waals surface area contributed by atoms with Gasteiger partial charge >= 0.3 is 5.97 Å². The molecule has 1 N–H and O–H groups in total. The lowest BCUT2D eigenvalue weighted by atomic mass is 10.2. The monoisotopic (exact) mass is 469 g/mol. The largest absolute Gasteiger partial charge is 0.463 e. The van der Waals surface area contributed by atoms with Crippen LogP contribution in [0.2, 0.25) is 5.02 Å². The molecular formula is C24H24ClN3O5. The highest BCUT2D eigenvalue weighted by atomic mass is 35.5. The maximum Gasteiger partial charge on any atom is 0.338 e. The number of aromatic nitrogens is 2. The number of amides is 1. The molecule has 0 fully saturated rings. The van der Waals surface area contributed by atoms with Crippen LogP contribution in [-0.4, -0.2) is 34.4 Å². The van der Waals surface area contributed by atoms with E-state index < -0.39 is 18.0 Å². The molecule has 0 bridgehead atoms. The predicted octanol–water partition coefficient (Wildman–Crippen LogP) is 4.17. The topological polar surface area (TPSA) is 99.5 Å². The van der Waals surface area contributed by atoms with Gasteiger partial charge in [0, 0.05) is 22.8 Å². The van der Waals surface area contributed by atoms with Gasteiger partial charge in [-0.15, -0.1) is 5.10 Å². The molecule has 1 heterocycles. The lowest BCUT2D eigenvalue weighted by molar-refractivity contribution is -0.123. The molecule has 0 aliphatic heterocycles. The number of carbonyl (C=O) groups is 2. The average molecular weight is 470 g/mol. The number of anilines is 1. The van der Waals surface area contributed by atoms with Crippen molar-refractivity contribution in [2.45, 2.75) is 33.3 Å². The van der Waals surface area contributed by atoms with E-state index in [0.717, 1.165) is 5.56 Å². The van der Waals surface area contributed by atoms with Crippen molar-refractivity contribution in [3.63, 3.8) is 0 Å². The van der Waals surface area contributed by atoms with Gasteiger partial charge in [-0.2, -0.15) is 4.68 Å². The number of hydrogen-bond donors (Lipinski definition) is 1. The van der Waals surface area contributed by atoms with Crippen LogP contribution in [0.25, 0.3) is 5.69 Å². The zero-order valence-electron chi connectivity index (χ0n) is 18.5. The summed E-state index contributed by atoms with van der Waals surface area (Å²) in [5.41, 5.74) is 1.72. The minimum Gasteiger partial charge on any atom is -0.463 e. The minimum absolute atomic E-state index is 0.108. The van der Waals surface area contributed by atoms with Gasteiger partial charge < -0.3 is 14.8 Å². The number of aryl methyl sites for hydroxylation is 1. The Kier molecular flexibility index (Phi) is 7.84. The first-order valence-corrected chi connectivity index (χ1v) is 10.8. The van der Waals surface area contributed by atoms with Crippen LogP contribution in [0.4, 0.5) is 5.69 Å². The molecule has 172 valence electrons. The number of ether oxygens (including phenoxy) is 2. The van der Waals surface area contributed by atoms with Crippen LogP contribution < -0.4 is 15.6 Å². The number of halogens is 1. The van der Waals surface area contributed by atoms with Gasteiger partial charge in [0.25, 0.3) is 11.5 Å². The molecule has 1 amide bonds. The maximum atomic E-state index is 12.8. The third-order valence-electron chi connectivity index (χ3n) is 4.74. The Morgan fingerprint density at radius 3 is 2.64 bits per heavy atom. The molecular weight excluding hydrogens is 446 g/mol. The Hall–Kier alpha value is -3.65. The molecule has 0 saturated heterocycles. The van der Waals surface area contributed by atoms with E-state index in [1.807, 2.05) is 6.92 Å². The molecule has 3 aromatic rings. The summed E-state index contributed by atoms with van der Waals surface area (Å²) in [4.78, 5) is 37.1. The Bertz CT molecular complexity index is 1220. The van der Waals surface area contributed by atoms with E-state index >= 15 is 0 Å². The predicted molar refractivity (Wildman–Crippen MR) is 125 cm³/mol. The van der Waals surface area contributed by atoms with Gasteiger partial charge in [0.15, 0.2) is 6.10 Å². The van der Waals surface area contributed by atoms with Crippen molar-refractivity contribution in [2.24, 2.45) is 0 Å². The van der Waals surface area contributed by atoms with Crippen LogP contribution >= 0.6 is 11.6 Å². The van der Waals surface area contributed by atoms with E-state index in [1.54, 1.807) is 50.2 Å². The molecule has 1 atom stereocenters. The first-order valence-electron chi connectivity index (χ1n) is 10.4. The summed E-state index contributed by atoms with van der Waals surface area (Å²) in [6.07, 6.45) is -0.532. The summed E-state index contributed by atoms with van der Waals surface area (Å²) in [5.74, 6) is -0.784. The number of hydrogen-bond acceptors (Lipinski definition) is 6. The molecule has 8 nitrogen and oxygen atoms in total. The minimum atomic E-state index is -0.879. The number of benzene rings is 2. The smallest absolute Gasteiger partial charge is 0.338 e. The van der Waals surface area contributed by atoms with E-state index in [-0.39, 0.29) is 18.0 Å². The van der Waals surface area contributed by atoms with Crippen molar-refractivity contribution < 1.29 is 19.1 Å². The van der Waals surface area contributed by atoms with E-state index in [4.69, 9.17) is 21.1 Å². The van der Waals surface area contributed by atoms with Crippen molar-refractivity contribution in [1.29, 1.82) is 0 Å². The van der Waals surface area contributed by atoms with Crippen LogP contribution in [-0.2, 0) is 9.53 Å². The van der Waals surface area contributed by atoms with E-state index in [9.17, 15) is 14.4 Å². The van der Waals surface area contributed by atoms with E-state index in [0.29, 0.717) is 28.4 Å². The van der Waals surface area contributed by atoms with Crippen LogP contribution in [0.5, 0.6) is 5.88 Å². The Labute approximate surface area is 196 Å². The summed E-state index contributed by atoms with van der Waals surface area (Å²) in [7, 11) is 0. The van der Waals surface area contributed by atoms with Gasteiger partial charge in [0.05, 0.1) is 17.9 Å². The first-order chi connectivity index (χ1) is 15.8. The number of esters is 1. The van der Waals surface area contributed by atoms with Crippen molar-refractivity contribution in [3.8, 4) is 11.6 Å². The Morgan fingerprint density at radius 1 is 1.12 bits per heavy atom. The van der Waals surface area contributed by atoms with Gasteiger partial charge in [-0.1, -0.05) is 30.7 Å². The summed E-state index contributed by atoms with van der Waals surface area (Å²) >= 11 is 6.08. The van der Waals surface area contributed by atoms with Gasteiger partial charge in [-0.25, -0.2) is 4.79 Å². The Morgan fingerprint density at radius 2 is 1.91 bits per heavy atom. The molecule has 33 heavy (non-hydrogen) atoms. The average Bonchev–Trinajstić information content (AvgIpc) is 2.80. The maximum absolute atomic E-state index is 12.8. The fourth-order valence-electron chi connectivity index (χ4n) is 3.07. The lowest BCUT2D eigenvalue weighted by Gasteiger charge is -2.17. The molecule has 0 aliphatic rings. The highest BCUT2D eigenvalue weighted by molar-refractivity contribution is 6.30. The molecule has 0 aliphatic carbocycles. The number of rotatable bonds is 8. The molecule has 9 heteroatoms. The molecule has 3 rings (SSSR count). The third-order valence-corrected chi connectivity index (χ3v) is 4.98. The SMILES string of the molecule is CCOC(=O)c1cccc(NC(=O)[C@@H](CC)Oc2ccc(=O)n(-c3cc(Cl)ccc3C)n2)c1. The summed E-state index contributed by atoms with van der Waals surface area (Å²) < 4.78 is 12.0. The zero-order valence-corrected chi connectivity index (χ0v) is 19.3. The normalized spacial score (nSPS) is 11.5. The second kappa shape index (κ2) is 10.8. The van der Waals surface area contributed by atoms with E-state index in [1.165, 1.54) is 22.9 Å². The van der Waals surface area contributed by atoms with Crippen molar-refractivity contribution in [3.05, 3.63) is 81.1 Å². The zero-order chi connectivity index (χ0) is 24.0. The number of nitrogens with zero attached hydrogens (tertiary/aromatic N) is 2. The molecule has 0 saturated carbocycles. The highest BCUT2D eigenvalue weighted by Crippen LogP contribution is 2.19. The van der Waals surface area contributed by atoms with Crippen molar-refractivity contribution >= 4 is 29.2 Å². The van der Waals surface area contributed by atoms with Crippen LogP contribution in [0, 0.1) is 6.92 Å². The second-order valence-electron chi connectivity index (χ2n) is 7.16. The van der Waals surface area contributed by atoms with Crippen LogP contribution in [0.1, 0.15) is 36.2 Å². The van der Waals surface area contributed by atoms with Gasteiger partial charge in [0.2, 0.25) is 5.88 Å². The van der Waals surface area contributed by atoms with Crippen LogP contribution in [0.3, 0.4) is 0 Å². The second-order valence-corrected chi connectivity index (χ2v) is 7.59. The summed E-state index contributed by atoms with van der Waals surface area (Å²) in [6, 6.07) is 14.3. The molecule has 0 unspecified atom stereocenters. The lowest BCUT2D eigenvalue weighted by Crippen LogP contribution is -2.33. The molecule has 2 aromatic carbocycles. The fraction of sp³-hybridized carbons (Fsp3) is 0.250. The molecule has 0 spiro atoms. The molecule has 1 aromatic heterocycles. The summed E-state index contributed by atoms with van der Waals surface area (Å²) in [6.45, 7) is 5.60. The fourth-order valence-corrected chi connectivity index (χ4v) is 3.24. The van der Waals surface area contributed by atoms with Gasteiger partial charge in [-0.3, -0.25) is 9.59 Å². The van der Waals surface area contributed by atoms with Gasteiger partial charge in [0.1, 0.15) is 0 Å². The van der Waals surface area contributed by atoms with E-state index in [2.05, 4.69) is 10.4 Å². The van der Waals surface area contributed by atoms with Crippen LogP contribution in [0.15, 0.2) is 59.4 Å². The van der Waals surface area contributed by atoms with Crippen molar-refractivity contribution in [2.75, 3.05) is 11.9 Å². The summed E-state index contributed by atoms with van der Waals surface area (Å²) in [5, 5.41) is 7.47. The standard InChI is InChI=1S/C24H24ClN3O5/c1-4-20(23(30)26-18-8-6-7-16(13-18)24(31)32-5-2)33-21-11-12-22(29)28(27-21)19-14-17(25)10-9-15(19)3/h6-14,20H,4-5H2,1-3H3,(H,26,30)/t20-/m1/s1. The Balaban J connectivity index is 1.79. The van der Waals surface area contributed by atoms with Gasteiger partial charge in [-0.05, 0) is 56.2 Å². The number of carbonyl (C=O) groups excluding carboxylic acids is 2. The van der Waals surface area contributed by atoms with Crippen molar-refractivity contribution in [1.82, 2.24) is 9.78 Å². The highest BCUT2D eigenvalue weighted by Gasteiger charge is 2.20. The number of nitrogens with one attached hydrogen (secondary N) is 1. The quantitative estimate of drug-likeness (QED) is 0.497.